The average molecular weight is 216 g/mol. The molecule has 1 N–H and O–H groups in total. The van der Waals surface area contributed by atoms with E-state index in [2.05, 4.69) is 11.0 Å². The van der Waals surface area contributed by atoms with E-state index >= 15 is 0 Å². The van der Waals surface area contributed by atoms with Crippen molar-refractivity contribution in [2.24, 2.45) is 5.92 Å². The lowest BCUT2D eigenvalue weighted by molar-refractivity contribution is 0.322. The first-order chi connectivity index (χ1) is 7.86. The molecule has 1 aromatic rings. The van der Waals surface area contributed by atoms with E-state index in [0.29, 0.717) is 5.92 Å². The van der Waals surface area contributed by atoms with Crippen LogP contribution in [0.3, 0.4) is 0 Å². The fraction of sp³-hybridized carbons (Fsp3) is 0.462. The van der Waals surface area contributed by atoms with Gasteiger partial charge in [0.25, 0.3) is 0 Å². The first kappa shape index (κ1) is 9.70. The van der Waals surface area contributed by atoms with Gasteiger partial charge in [-0.15, -0.1) is 0 Å². The number of rotatable bonds is 1. The molecule has 1 fully saturated rings. The van der Waals surface area contributed by atoms with Crippen LogP contribution in [0.2, 0.25) is 0 Å². The molecule has 1 saturated carbocycles. The SMILES string of the molecule is N=C(C1CC1)N1CCCOc2ccccc21. The number of para-hydroxylation sites is 2. The van der Waals surface area contributed by atoms with Crippen LogP contribution in [0.25, 0.3) is 0 Å². The summed E-state index contributed by atoms with van der Waals surface area (Å²) >= 11 is 0. The van der Waals surface area contributed by atoms with Crippen molar-refractivity contribution in [3.8, 4) is 5.75 Å². The molecule has 1 heterocycles. The number of hydrogen-bond donors (Lipinski definition) is 1. The van der Waals surface area contributed by atoms with Gasteiger partial charge in [0.05, 0.1) is 12.3 Å². The summed E-state index contributed by atoms with van der Waals surface area (Å²) in [5.74, 6) is 2.19. The zero-order valence-electron chi connectivity index (χ0n) is 9.28. The summed E-state index contributed by atoms with van der Waals surface area (Å²) in [7, 11) is 0. The highest BCUT2D eigenvalue weighted by molar-refractivity contribution is 5.99. The van der Waals surface area contributed by atoms with Crippen LogP contribution < -0.4 is 9.64 Å². The van der Waals surface area contributed by atoms with Gasteiger partial charge in [-0.05, 0) is 31.4 Å². The number of nitrogens with zero attached hydrogens (tertiary/aromatic N) is 1. The van der Waals surface area contributed by atoms with Crippen LogP contribution in [0.1, 0.15) is 19.3 Å². The summed E-state index contributed by atoms with van der Waals surface area (Å²) in [5.41, 5.74) is 1.07. The standard InChI is InChI=1S/C13H16N2O/c14-13(10-6-7-10)15-8-3-9-16-12-5-2-1-4-11(12)15/h1-2,4-5,10,14H,3,6-9H2. The molecule has 3 rings (SSSR count). The van der Waals surface area contributed by atoms with E-state index in [4.69, 9.17) is 10.1 Å². The van der Waals surface area contributed by atoms with Crippen molar-refractivity contribution >= 4 is 11.5 Å². The lowest BCUT2D eigenvalue weighted by Gasteiger charge is -2.24. The van der Waals surface area contributed by atoms with E-state index in [0.717, 1.165) is 36.8 Å². The van der Waals surface area contributed by atoms with Crippen molar-refractivity contribution < 1.29 is 4.74 Å². The Morgan fingerprint density at radius 1 is 1.31 bits per heavy atom. The maximum Gasteiger partial charge on any atom is 0.142 e. The first-order valence-corrected chi connectivity index (χ1v) is 5.94. The molecule has 0 saturated heterocycles. The number of ether oxygens (including phenoxy) is 1. The van der Waals surface area contributed by atoms with Gasteiger partial charge in [-0.2, -0.15) is 0 Å². The van der Waals surface area contributed by atoms with Gasteiger partial charge >= 0.3 is 0 Å². The molecule has 0 unspecified atom stereocenters. The summed E-state index contributed by atoms with van der Waals surface area (Å²) in [4.78, 5) is 2.12. The Bertz CT molecular complexity index is 412. The van der Waals surface area contributed by atoms with Crippen LogP contribution >= 0.6 is 0 Å². The largest absolute Gasteiger partial charge is 0.491 e. The second-order valence-electron chi connectivity index (χ2n) is 4.48. The molecular weight excluding hydrogens is 200 g/mol. The fourth-order valence-electron chi connectivity index (χ4n) is 2.15. The molecule has 2 aliphatic rings. The van der Waals surface area contributed by atoms with Crippen molar-refractivity contribution in [3.05, 3.63) is 24.3 Å². The second-order valence-corrected chi connectivity index (χ2v) is 4.48. The lowest BCUT2D eigenvalue weighted by Crippen LogP contribution is -2.32. The summed E-state index contributed by atoms with van der Waals surface area (Å²) in [6, 6.07) is 8.05. The molecule has 3 heteroatoms. The van der Waals surface area contributed by atoms with Gasteiger partial charge in [-0.3, -0.25) is 5.41 Å². The Balaban J connectivity index is 1.95. The number of amidine groups is 1. The molecule has 1 aromatic carbocycles. The quantitative estimate of drug-likeness (QED) is 0.578. The Kier molecular flexibility index (Phi) is 2.31. The number of hydrogen-bond acceptors (Lipinski definition) is 2. The Morgan fingerprint density at radius 3 is 2.94 bits per heavy atom. The van der Waals surface area contributed by atoms with Crippen LogP contribution in [0.4, 0.5) is 5.69 Å². The minimum absolute atomic E-state index is 0.492. The van der Waals surface area contributed by atoms with Crippen molar-refractivity contribution in [2.75, 3.05) is 18.1 Å². The third-order valence-corrected chi connectivity index (χ3v) is 3.19. The van der Waals surface area contributed by atoms with E-state index in [1.807, 2.05) is 18.2 Å². The number of fused-ring (bicyclic) bond motifs is 1. The van der Waals surface area contributed by atoms with E-state index < -0.39 is 0 Å². The Hall–Kier alpha value is -1.51. The number of benzene rings is 1. The molecule has 0 atom stereocenters. The molecule has 1 aliphatic carbocycles. The zero-order chi connectivity index (χ0) is 11.0. The van der Waals surface area contributed by atoms with E-state index in [9.17, 15) is 0 Å². The molecule has 1 aliphatic heterocycles. The molecular formula is C13H16N2O. The third-order valence-electron chi connectivity index (χ3n) is 3.19. The van der Waals surface area contributed by atoms with E-state index in [1.54, 1.807) is 0 Å². The number of anilines is 1. The van der Waals surface area contributed by atoms with Crippen LogP contribution in [0.15, 0.2) is 24.3 Å². The maximum absolute atomic E-state index is 8.20. The normalized spacial score (nSPS) is 19.6. The monoisotopic (exact) mass is 216 g/mol. The molecule has 0 radical (unpaired) electrons. The van der Waals surface area contributed by atoms with E-state index in [-0.39, 0.29) is 0 Å². The zero-order valence-corrected chi connectivity index (χ0v) is 9.28. The van der Waals surface area contributed by atoms with Crippen LogP contribution in [-0.2, 0) is 0 Å². The van der Waals surface area contributed by atoms with Gasteiger partial charge in [0.1, 0.15) is 11.6 Å². The predicted octanol–water partition coefficient (Wildman–Crippen LogP) is 2.66. The van der Waals surface area contributed by atoms with Crippen LogP contribution in [-0.4, -0.2) is 19.0 Å². The average Bonchev–Trinajstić information content (AvgIpc) is 3.15. The smallest absolute Gasteiger partial charge is 0.142 e. The maximum atomic E-state index is 8.20. The van der Waals surface area contributed by atoms with Gasteiger partial charge in [-0.25, -0.2) is 0 Å². The molecule has 0 bridgehead atoms. The minimum atomic E-state index is 0.492. The van der Waals surface area contributed by atoms with Crippen molar-refractivity contribution in [3.63, 3.8) is 0 Å². The summed E-state index contributed by atoms with van der Waals surface area (Å²) in [5, 5.41) is 8.20. The van der Waals surface area contributed by atoms with Gasteiger partial charge in [0, 0.05) is 12.5 Å². The van der Waals surface area contributed by atoms with Crippen molar-refractivity contribution in [2.45, 2.75) is 19.3 Å². The van der Waals surface area contributed by atoms with Crippen LogP contribution in [0, 0.1) is 11.3 Å². The molecule has 3 nitrogen and oxygen atoms in total. The highest BCUT2D eigenvalue weighted by atomic mass is 16.5. The van der Waals surface area contributed by atoms with Crippen LogP contribution in [0.5, 0.6) is 5.75 Å². The highest BCUT2D eigenvalue weighted by Gasteiger charge is 2.32. The van der Waals surface area contributed by atoms with E-state index in [1.165, 1.54) is 12.8 Å². The molecule has 16 heavy (non-hydrogen) atoms. The summed E-state index contributed by atoms with van der Waals surface area (Å²) in [6.45, 7) is 1.66. The molecule has 84 valence electrons. The van der Waals surface area contributed by atoms with Gasteiger partial charge < -0.3 is 9.64 Å². The van der Waals surface area contributed by atoms with Gasteiger partial charge in [0.2, 0.25) is 0 Å². The minimum Gasteiger partial charge on any atom is -0.491 e. The Labute approximate surface area is 95.5 Å². The second kappa shape index (κ2) is 3.81. The van der Waals surface area contributed by atoms with Crippen molar-refractivity contribution in [1.82, 2.24) is 0 Å². The van der Waals surface area contributed by atoms with Crippen molar-refractivity contribution in [1.29, 1.82) is 5.41 Å². The van der Waals surface area contributed by atoms with Gasteiger partial charge in [-0.1, -0.05) is 12.1 Å². The summed E-state index contributed by atoms with van der Waals surface area (Å²) in [6.07, 6.45) is 3.35. The Morgan fingerprint density at radius 2 is 2.12 bits per heavy atom. The molecule has 0 aromatic heterocycles. The topological polar surface area (TPSA) is 36.3 Å². The molecule has 0 amide bonds. The fourth-order valence-corrected chi connectivity index (χ4v) is 2.15. The first-order valence-electron chi connectivity index (χ1n) is 5.94. The number of nitrogens with one attached hydrogen (secondary N) is 1. The molecule has 0 spiro atoms. The van der Waals surface area contributed by atoms with Gasteiger partial charge in [0.15, 0.2) is 0 Å². The predicted molar refractivity (Wildman–Crippen MR) is 64.4 cm³/mol. The third kappa shape index (κ3) is 1.66. The lowest BCUT2D eigenvalue weighted by atomic mass is 10.2. The highest BCUT2D eigenvalue weighted by Crippen LogP contribution is 2.37. The summed E-state index contributed by atoms with van der Waals surface area (Å²) < 4.78 is 5.69.